The molecule has 0 aromatic rings. The second kappa shape index (κ2) is 4.81. The van der Waals surface area contributed by atoms with Gasteiger partial charge in [0.25, 0.3) is 0 Å². The Morgan fingerprint density at radius 2 is 1.60 bits per heavy atom. The van der Waals surface area contributed by atoms with Crippen LogP contribution in [0.15, 0.2) is 0 Å². The van der Waals surface area contributed by atoms with Crippen LogP contribution in [0.2, 0.25) is 0 Å². The van der Waals surface area contributed by atoms with E-state index in [0.717, 1.165) is 13.1 Å². The van der Waals surface area contributed by atoms with Crippen molar-refractivity contribution in [3.8, 4) is 0 Å². The predicted octanol–water partition coefficient (Wildman–Crippen LogP) is 1.06. The largest absolute Gasteiger partial charge is 0.368 e. The smallest absolute Gasteiger partial charge is 0.154 e. The van der Waals surface area contributed by atoms with Gasteiger partial charge in [0.1, 0.15) is 0 Å². The maximum Gasteiger partial charge on any atom is 0.154 e. The van der Waals surface area contributed by atoms with E-state index in [9.17, 15) is 10.2 Å². The molecule has 1 saturated carbocycles. The van der Waals surface area contributed by atoms with Gasteiger partial charge in [-0.3, -0.25) is 0 Å². The number of hydrogen-bond donors (Lipinski definition) is 2. The SMILES string of the molecule is CN1CC(C(C(O)O)C2CCCCC2)C1. The lowest BCUT2D eigenvalue weighted by Gasteiger charge is -2.45. The molecule has 15 heavy (non-hydrogen) atoms. The summed E-state index contributed by atoms with van der Waals surface area (Å²) in [5.41, 5.74) is 0. The molecule has 1 heterocycles. The lowest BCUT2D eigenvalue weighted by atomic mass is 9.71. The zero-order chi connectivity index (χ0) is 10.8. The molecule has 1 aliphatic carbocycles. The summed E-state index contributed by atoms with van der Waals surface area (Å²) in [6.07, 6.45) is 5.17. The first-order valence-electron chi connectivity index (χ1n) is 6.23. The van der Waals surface area contributed by atoms with Gasteiger partial charge >= 0.3 is 0 Å². The van der Waals surface area contributed by atoms with Gasteiger partial charge in [-0.1, -0.05) is 19.3 Å². The molecule has 3 heteroatoms. The van der Waals surface area contributed by atoms with Gasteiger partial charge in [0.2, 0.25) is 0 Å². The van der Waals surface area contributed by atoms with E-state index in [1.54, 1.807) is 0 Å². The Balaban J connectivity index is 1.92. The minimum absolute atomic E-state index is 0.126. The Hall–Kier alpha value is -0.120. The fraction of sp³-hybridized carbons (Fsp3) is 1.00. The fourth-order valence-electron chi connectivity index (χ4n) is 3.38. The van der Waals surface area contributed by atoms with Gasteiger partial charge in [-0.05, 0) is 31.7 Å². The van der Waals surface area contributed by atoms with Gasteiger partial charge in [0.05, 0.1) is 0 Å². The minimum atomic E-state index is -1.10. The van der Waals surface area contributed by atoms with Crippen LogP contribution in [0.1, 0.15) is 32.1 Å². The Morgan fingerprint density at radius 1 is 1.00 bits per heavy atom. The standard InChI is InChI=1S/C12H23NO2/c1-13-7-10(8-13)11(12(14)15)9-5-3-2-4-6-9/h9-12,14-15H,2-8H2,1H3. The van der Waals surface area contributed by atoms with E-state index in [2.05, 4.69) is 11.9 Å². The van der Waals surface area contributed by atoms with Crippen molar-refractivity contribution in [3.63, 3.8) is 0 Å². The van der Waals surface area contributed by atoms with Gasteiger partial charge in [0, 0.05) is 19.0 Å². The molecular weight excluding hydrogens is 190 g/mol. The molecule has 2 aliphatic rings. The number of rotatable bonds is 3. The predicted molar refractivity (Wildman–Crippen MR) is 59.3 cm³/mol. The third kappa shape index (κ3) is 2.52. The van der Waals surface area contributed by atoms with E-state index in [4.69, 9.17) is 0 Å². The van der Waals surface area contributed by atoms with Gasteiger partial charge in [-0.15, -0.1) is 0 Å². The molecule has 0 amide bonds. The minimum Gasteiger partial charge on any atom is -0.368 e. The summed E-state index contributed by atoms with van der Waals surface area (Å²) in [7, 11) is 2.10. The molecule has 2 fully saturated rings. The maximum absolute atomic E-state index is 9.52. The summed E-state index contributed by atoms with van der Waals surface area (Å²) in [4.78, 5) is 2.25. The maximum atomic E-state index is 9.52. The number of nitrogens with zero attached hydrogens (tertiary/aromatic N) is 1. The topological polar surface area (TPSA) is 43.7 Å². The molecule has 1 aliphatic heterocycles. The van der Waals surface area contributed by atoms with Crippen LogP contribution in [0.5, 0.6) is 0 Å². The molecule has 0 aromatic heterocycles. The third-order valence-electron chi connectivity index (χ3n) is 4.18. The third-order valence-corrected chi connectivity index (χ3v) is 4.18. The summed E-state index contributed by atoms with van der Waals surface area (Å²) in [6.45, 7) is 2.08. The van der Waals surface area contributed by atoms with Gasteiger partial charge < -0.3 is 15.1 Å². The molecule has 1 saturated heterocycles. The van der Waals surface area contributed by atoms with Crippen molar-refractivity contribution in [2.24, 2.45) is 17.8 Å². The van der Waals surface area contributed by atoms with Crippen LogP contribution >= 0.6 is 0 Å². The molecule has 0 spiro atoms. The molecule has 2 rings (SSSR count). The first-order chi connectivity index (χ1) is 7.18. The molecule has 2 N–H and O–H groups in total. The van der Waals surface area contributed by atoms with E-state index < -0.39 is 6.29 Å². The van der Waals surface area contributed by atoms with E-state index in [1.165, 1.54) is 32.1 Å². The van der Waals surface area contributed by atoms with Gasteiger partial charge in [0.15, 0.2) is 6.29 Å². The second-order valence-electron chi connectivity index (χ2n) is 5.37. The second-order valence-corrected chi connectivity index (χ2v) is 5.37. The van der Waals surface area contributed by atoms with E-state index >= 15 is 0 Å². The van der Waals surface area contributed by atoms with Crippen LogP contribution in [0.25, 0.3) is 0 Å². The summed E-state index contributed by atoms with van der Waals surface area (Å²) < 4.78 is 0. The molecule has 3 nitrogen and oxygen atoms in total. The van der Waals surface area contributed by atoms with Crippen molar-refractivity contribution >= 4 is 0 Å². The highest BCUT2D eigenvalue weighted by molar-refractivity contribution is 4.88. The first-order valence-corrected chi connectivity index (χ1v) is 6.23. The normalized spacial score (nSPS) is 28.0. The lowest BCUT2D eigenvalue weighted by Crippen LogP contribution is -2.52. The molecule has 0 radical (unpaired) electrons. The molecule has 1 atom stereocenters. The van der Waals surface area contributed by atoms with Crippen molar-refractivity contribution in [2.45, 2.75) is 38.4 Å². The fourth-order valence-corrected chi connectivity index (χ4v) is 3.38. The highest BCUT2D eigenvalue weighted by atomic mass is 16.5. The van der Waals surface area contributed by atoms with Crippen LogP contribution in [-0.4, -0.2) is 41.5 Å². The number of hydrogen-bond acceptors (Lipinski definition) is 3. The Kier molecular flexibility index (Phi) is 3.65. The van der Waals surface area contributed by atoms with Crippen molar-refractivity contribution in [3.05, 3.63) is 0 Å². The van der Waals surface area contributed by atoms with Crippen LogP contribution in [0.3, 0.4) is 0 Å². The monoisotopic (exact) mass is 213 g/mol. The Morgan fingerprint density at radius 3 is 2.07 bits per heavy atom. The molecule has 88 valence electrons. The van der Waals surface area contributed by atoms with Crippen molar-refractivity contribution < 1.29 is 10.2 Å². The summed E-state index contributed by atoms with van der Waals surface area (Å²) in [6, 6.07) is 0. The Labute approximate surface area is 92.1 Å². The molecule has 1 unspecified atom stereocenters. The zero-order valence-corrected chi connectivity index (χ0v) is 9.60. The number of likely N-dealkylation sites (tertiary alicyclic amines) is 1. The van der Waals surface area contributed by atoms with E-state index in [1.807, 2.05) is 0 Å². The van der Waals surface area contributed by atoms with Crippen molar-refractivity contribution in [1.82, 2.24) is 4.90 Å². The number of aliphatic hydroxyl groups excluding tert-OH is 1. The molecular formula is C12H23NO2. The number of aliphatic hydroxyl groups is 2. The van der Waals surface area contributed by atoms with Crippen LogP contribution in [-0.2, 0) is 0 Å². The van der Waals surface area contributed by atoms with Crippen LogP contribution in [0, 0.1) is 17.8 Å². The average Bonchev–Trinajstić information content (AvgIpc) is 2.17. The highest BCUT2D eigenvalue weighted by Crippen LogP contribution is 2.38. The summed E-state index contributed by atoms with van der Waals surface area (Å²) in [5, 5.41) is 19.0. The van der Waals surface area contributed by atoms with E-state index in [0.29, 0.717) is 11.8 Å². The van der Waals surface area contributed by atoms with Gasteiger partial charge in [-0.25, -0.2) is 0 Å². The molecule has 0 bridgehead atoms. The Bertz CT molecular complexity index is 196. The quantitative estimate of drug-likeness (QED) is 0.689. The van der Waals surface area contributed by atoms with E-state index in [-0.39, 0.29) is 5.92 Å². The summed E-state index contributed by atoms with van der Waals surface area (Å²) >= 11 is 0. The molecule has 0 aromatic carbocycles. The first kappa shape index (κ1) is 11.4. The van der Waals surface area contributed by atoms with Crippen LogP contribution < -0.4 is 0 Å². The summed E-state index contributed by atoms with van der Waals surface area (Å²) in [5.74, 6) is 1.19. The van der Waals surface area contributed by atoms with Crippen LogP contribution in [0.4, 0.5) is 0 Å². The lowest BCUT2D eigenvalue weighted by molar-refractivity contribution is -0.142. The average molecular weight is 213 g/mol. The highest BCUT2D eigenvalue weighted by Gasteiger charge is 2.39. The van der Waals surface area contributed by atoms with Crippen molar-refractivity contribution in [1.29, 1.82) is 0 Å². The van der Waals surface area contributed by atoms with Gasteiger partial charge in [-0.2, -0.15) is 0 Å². The van der Waals surface area contributed by atoms with Crippen molar-refractivity contribution in [2.75, 3.05) is 20.1 Å². The zero-order valence-electron chi connectivity index (χ0n) is 9.60.